The molecule has 1 aliphatic carbocycles. The first-order chi connectivity index (χ1) is 11.0. The van der Waals surface area contributed by atoms with Gasteiger partial charge in [-0.05, 0) is 42.9 Å². The Morgan fingerprint density at radius 1 is 1.26 bits per heavy atom. The minimum Gasteiger partial charge on any atom is -0.271 e. The average Bonchev–Trinajstić information content (AvgIpc) is 2.48. The molecule has 1 aliphatic rings. The Morgan fingerprint density at radius 2 is 1.96 bits per heavy atom. The van der Waals surface area contributed by atoms with Crippen molar-refractivity contribution < 1.29 is 0 Å². The molecule has 7 heteroatoms. The number of hydrogen-bond donors (Lipinski definition) is 1. The molecular formula is C16H15Cl2N3O2. The van der Waals surface area contributed by atoms with E-state index in [9.17, 15) is 9.59 Å². The Bertz CT molecular complexity index is 876. The number of benzene rings is 1. The Labute approximate surface area is 142 Å². The standard InChI is InChI=1S/C16H15Cl2N3O2/c1-9-2-4-10(5-3-9)15-12(17)6-11(7-13(15)18)21-16(23)20-14(22)8-19-21/h4,6-9H,2-3,5H2,1H3,(H,20,22,23). The lowest BCUT2D eigenvalue weighted by atomic mass is 9.87. The lowest BCUT2D eigenvalue weighted by molar-refractivity contribution is 0.534. The van der Waals surface area contributed by atoms with E-state index in [1.54, 1.807) is 12.1 Å². The molecule has 1 aromatic carbocycles. The van der Waals surface area contributed by atoms with Gasteiger partial charge in [-0.15, -0.1) is 0 Å². The number of halogens is 2. The van der Waals surface area contributed by atoms with Gasteiger partial charge in [0, 0.05) is 5.56 Å². The maximum Gasteiger partial charge on any atom is 0.349 e. The van der Waals surface area contributed by atoms with E-state index in [-0.39, 0.29) is 0 Å². The lowest BCUT2D eigenvalue weighted by Crippen LogP contribution is -2.30. The topological polar surface area (TPSA) is 67.8 Å². The van der Waals surface area contributed by atoms with E-state index in [2.05, 4.69) is 23.1 Å². The van der Waals surface area contributed by atoms with Gasteiger partial charge in [0.15, 0.2) is 0 Å². The van der Waals surface area contributed by atoms with Gasteiger partial charge in [-0.3, -0.25) is 9.78 Å². The Hall–Kier alpha value is -1.85. The van der Waals surface area contributed by atoms with Crippen molar-refractivity contribution in [3.63, 3.8) is 0 Å². The highest BCUT2D eigenvalue weighted by atomic mass is 35.5. The largest absolute Gasteiger partial charge is 0.349 e. The van der Waals surface area contributed by atoms with Gasteiger partial charge >= 0.3 is 5.69 Å². The van der Waals surface area contributed by atoms with E-state index in [1.165, 1.54) is 0 Å². The fraction of sp³-hybridized carbons (Fsp3) is 0.312. The number of aromatic amines is 1. The van der Waals surface area contributed by atoms with Crippen molar-refractivity contribution in [3.05, 3.63) is 60.9 Å². The van der Waals surface area contributed by atoms with Crippen LogP contribution in [-0.2, 0) is 0 Å². The van der Waals surface area contributed by atoms with Gasteiger partial charge in [0.2, 0.25) is 0 Å². The number of nitrogens with zero attached hydrogens (tertiary/aromatic N) is 2. The van der Waals surface area contributed by atoms with Crippen molar-refractivity contribution in [2.75, 3.05) is 0 Å². The molecule has 1 N–H and O–H groups in total. The first-order valence-electron chi connectivity index (χ1n) is 7.33. The third-order valence-corrected chi connectivity index (χ3v) is 4.57. The molecule has 0 radical (unpaired) electrons. The maximum atomic E-state index is 11.8. The predicted molar refractivity (Wildman–Crippen MR) is 91.5 cm³/mol. The smallest absolute Gasteiger partial charge is 0.271 e. The number of hydrogen-bond acceptors (Lipinski definition) is 3. The zero-order valence-corrected chi connectivity index (χ0v) is 14.0. The van der Waals surface area contributed by atoms with Crippen molar-refractivity contribution in [3.8, 4) is 5.69 Å². The van der Waals surface area contributed by atoms with Crippen LogP contribution in [0.2, 0.25) is 10.0 Å². The molecule has 5 nitrogen and oxygen atoms in total. The van der Waals surface area contributed by atoms with Crippen molar-refractivity contribution in [2.24, 2.45) is 5.92 Å². The van der Waals surface area contributed by atoms with Crippen molar-refractivity contribution >= 4 is 28.8 Å². The number of aromatic nitrogens is 3. The summed E-state index contributed by atoms with van der Waals surface area (Å²) in [6.45, 7) is 2.22. The molecule has 0 aliphatic heterocycles. The number of nitrogens with one attached hydrogen (secondary N) is 1. The van der Waals surface area contributed by atoms with Crippen molar-refractivity contribution in [1.82, 2.24) is 14.8 Å². The quantitative estimate of drug-likeness (QED) is 0.900. The van der Waals surface area contributed by atoms with Crippen LogP contribution in [0.3, 0.4) is 0 Å². The maximum absolute atomic E-state index is 11.8. The monoisotopic (exact) mass is 351 g/mol. The first kappa shape index (κ1) is 16.0. The Balaban J connectivity index is 2.07. The molecule has 1 aromatic heterocycles. The van der Waals surface area contributed by atoms with E-state index in [4.69, 9.17) is 23.2 Å². The van der Waals surface area contributed by atoms with Gasteiger partial charge in [0.05, 0.1) is 15.7 Å². The second kappa shape index (κ2) is 6.34. The summed E-state index contributed by atoms with van der Waals surface area (Å²) >= 11 is 12.8. The molecule has 23 heavy (non-hydrogen) atoms. The fourth-order valence-electron chi connectivity index (χ4n) is 2.72. The number of rotatable bonds is 2. The summed E-state index contributed by atoms with van der Waals surface area (Å²) in [6, 6.07) is 3.27. The van der Waals surface area contributed by atoms with Gasteiger partial charge in [-0.2, -0.15) is 9.78 Å². The molecule has 0 fully saturated rings. The van der Waals surface area contributed by atoms with Crippen LogP contribution in [0.5, 0.6) is 0 Å². The SMILES string of the molecule is CC1CC=C(c2c(Cl)cc(-n3ncc(=O)[nH]c3=O)cc2Cl)CC1. The molecule has 1 heterocycles. The zero-order valence-electron chi connectivity index (χ0n) is 12.5. The molecule has 3 rings (SSSR count). The van der Waals surface area contributed by atoms with Crippen LogP contribution in [0.25, 0.3) is 11.3 Å². The minimum atomic E-state index is -0.636. The molecule has 2 aromatic rings. The van der Waals surface area contributed by atoms with Crippen LogP contribution in [0.1, 0.15) is 31.7 Å². The van der Waals surface area contributed by atoms with Crippen LogP contribution in [-0.4, -0.2) is 14.8 Å². The van der Waals surface area contributed by atoms with Gasteiger partial charge in [-0.25, -0.2) is 4.79 Å². The van der Waals surface area contributed by atoms with E-state index >= 15 is 0 Å². The highest BCUT2D eigenvalue weighted by Crippen LogP contribution is 2.38. The molecule has 0 spiro atoms. The third kappa shape index (κ3) is 3.26. The molecule has 0 saturated carbocycles. The summed E-state index contributed by atoms with van der Waals surface area (Å²) in [5, 5.41) is 4.74. The highest BCUT2D eigenvalue weighted by molar-refractivity contribution is 6.37. The van der Waals surface area contributed by atoms with Gasteiger partial charge in [0.1, 0.15) is 6.20 Å². The van der Waals surface area contributed by atoms with Crippen LogP contribution in [0, 0.1) is 5.92 Å². The normalized spacial score (nSPS) is 17.9. The van der Waals surface area contributed by atoms with Gasteiger partial charge < -0.3 is 0 Å². The van der Waals surface area contributed by atoms with E-state index in [0.717, 1.165) is 41.3 Å². The molecule has 120 valence electrons. The first-order valence-corrected chi connectivity index (χ1v) is 8.09. The number of H-pyrrole nitrogens is 1. The molecule has 0 amide bonds. The summed E-state index contributed by atoms with van der Waals surface area (Å²) in [6.07, 6.45) is 6.23. The van der Waals surface area contributed by atoms with Crippen LogP contribution >= 0.6 is 23.2 Å². The highest BCUT2D eigenvalue weighted by Gasteiger charge is 2.18. The van der Waals surface area contributed by atoms with E-state index in [0.29, 0.717) is 21.7 Å². The van der Waals surface area contributed by atoms with Crippen LogP contribution in [0.15, 0.2) is 34.0 Å². The number of allylic oxidation sites excluding steroid dienone is 2. The summed E-state index contributed by atoms with van der Waals surface area (Å²) in [4.78, 5) is 25.1. The molecule has 0 bridgehead atoms. The minimum absolute atomic E-state index is 0.412. The van der Waals surface area contributed by atoms with Gasteiger partial charge in [0.25, 0.3) is 5.56 Å². The summed E-state index contributed by atoms with van der Waals surface area (Å²) in [5.41, 5.74) is 1.16. The van der Waals surface area contributed by atoms with E-state index < -0.39 is 11.2 Å². The molecule has 0 saturated heterocycles. The molecule has 1 atom stereocenters. The Morgan fingerprint density at radius 3 is 2.52 bits per heavy atom. The predicted octanol–water partition coefficient (Wildman–Crippen LogP) is 3.43. The summed E-state index contributed by atoms with van der Waals surface area (Å²) in [7, 11) is 0. The lowest BCUT2D eigenvalue weighted by Gasteiger charge is -2.20. The van der Waals surface area contributed by atoms with Gasteiger partial charge in [-0.1, -0.05) is 36.2 Å². The summed E-state index contributed by atoms with van der Waals surface area (Å²) < 4.78 is 1.06. The average molecular weight is 352 g/mol. The zero-order chi connectivity index (χ0) is 16.6. The molecular weight excluding hydrogens is 337 g/mol. The second-order valence-electron chi connectivity index (χ2n) is 5.74. The van der Waals surface area contributed by atoms with E-state index in [1.807, 2.05) is 0 Å². The van der Waals surface area contributed by atoms with Crippen molar-refractivity contribution in [2.45, 2.75) is 26.2 Å². The Kier molecular flexibility index (Phi) is 4.41. The fourth-order valence-corrected chi connectivity index (χ4v) is 3.44. The molecule has 1 unspecified atom stereocenters. The third-order valence-electron chi connectivity index (χ3n) is 3.98. The van der Waals surface area contributed by atoms with Crippen LogP contribution < -0.4 is 11.2 Å². The second-order valence-corrected chi connectivity index (χ2v) is 6.56. The van der Waals surface area contributed by atoms with Crippen molar-refractivity contribution in [1.29, 1.82) is 0 Å². The van der Waals surface area contributed by atoms with Crippen LogP contribution in [0.4, 0.5) is 0 Å². The summed E-state index contributed by atoms with van der Waals surface area (Å²) in [5.74, 6) is 0.666.